The van der Waals surface area contributed by atoms with E-state index in [1.54, 1.807) is 0 Å². The first-order valence-corrected chi connectivity index (χ1v) is 3.23. The fraction of sp³-hybridized carbons (Fsp3) is 0.333. The maximum atomic E-state index is 5.27. The first kappa shape index (κ1) is 6.95. The van der Waals surface area contributed by atoms with Crippen LogP contribution < -0.4 is 0 Å². The van der Waals surface area contributed by atoms with Gasteiger partial charge < -0.3 is 4.42 Å². The Bertz CT molecular complexity index is 263. The van der Waals surface area contributed by atoms with E-state index in [9.17, 15) is 0 Å². The molecular formula is C9H10O. The van der Waals surface area contributed by atoms with Crippen molar-refractivity contribution in [1.29, 1.82) is 0 Å². The standard InChI is InChI=1S/C9H10O/c1-4-5-9-6-7(2)10-8(9)3/h1,6H,5H2,2-3H3. The molecule has 0 aromatic carbocycles. The second-order valence-electron chi connectivity index (χ2n) is 2.32. The van der Waals surface area contributed by atoms with Gasteiger partial charge in [0.15, 0.2) is 0 Å². The highest BCUT2D eigenvalue weighted by molar-refractivity contribution is 5.23. The van der Waals surface area contributed by atoms with Crippen molar-refractivity contribution in [1.82, 2.24) is 0 Å². The fourth-order valence-corrected chi connectivity index (χ4v) is 0.969. The molecule has 10 heavy (non-hydrogen) atoms. The lowest BCUT2D eigenvalue weighted by Gasteiger charge is -1.86. The van der Waals surface area contributed by atoms with E-state index in [-0.39, 0.29) is 0 Å². The zero-order chi connectivity index (χ0) is 7.56. The minimum atomic E-state index is 0.670. The third kappa shape index (κ3) is 1.22. The van der Waals surface area contributed by atoms with Crippen LogP contribution in [0.25, 0.3) is 0 Å². The van der Waals surface area contributed by atoms with Gasteiger partial charge in [0, 0.05) is 12.0 Å². The van der Waals surface area contributed by atoms with Gasteiger partial charge in [0.2, 0.25) is 0 Å². The maximum absolute atomic E-state index is 5.27. The van der Waals surface area contributed by atoms with E-state index >= 15 is 0 Å². The minimum Gasteiger partial charge on any atom is -0.466 e. The van der Waals surface area contributed by atoms with Crippen molar-refractivity contribution in [2.45, 2.75) is 20.3 Å². The van der Waals surface area contributed by atoms with Gasteiger partial charge in [-0.3, -0.25) is 0 Å². The molecule has 0 fully saturated rings. The van der Waals surface area contributed by atoms with E-state index in [4.69, 9.17) is 10.8 Å². The van der Waals surface area contributed by atoms with Crippen LogP contribution in [0.15, 0.2) is 10.5 Å². The van der Waals surface area contributed by atoms with Gasteiger partial charge in [0.05, 0.1) is 0 Å². The molecule has 0 aliphatic rings. The molecule has 0 aliphatic heterocycles. The molecule has 0 bridgehead atoms. The highest BCUT2D eigenvalue weighted by Gasteiger charge is 2.00. The molecule has 0 N–H and O–H groups in total. The van der Waals surface area contributed by atoms with Crippen molar-refractivity contribution in [3.05, 3.63) is 23.2 Å². The Hall–Kier alpha value is -1.16. The van der Waals surface area contributed by atoms with Crippen LogP contribution in [-0.4, -0.2) is 0 Å². The fourth-order valence-electron chi connectivity index (χ4n) is 0.969. The van der Waals surface area contributed by atoms with Gasteiger partial charge >= 0.3 is 0 Å². The Balaban J connectivity index is 2.94. The normalized spacial score (nSPS) is 9.30. The molecule has 0 saturated carbocycles. The number of terminal acetylenes is 1. The smallest absolute Gasteiger partial charge is 0.105 e. The molecule has 1 aromatic rings. The number of hydrogen-bond acceptors (Lipinski definition) is 1. The molecule has 0 saturated heterocycles. The number of hydrogen-bond donors (Lipinski definition) is 0. The summed E-state index contributed by atoms with van der Waals surface area (Å²) >= 11 is 0. The third-order valence-corrected chi connectivity index (χ3v) is 1.44. The van der Waals surface area contributed by atoms with Crippen LogP contribution in [0.5, 0.6) is 0 Å². The number of aryl methyl sites for hydroxylation is 2. The minimum absolute atomic E-state index is 0.670. The molecule has 0 spiro atoms. The van der Waals surface area contributed by atoms with Crippen molar-refractivity contribution in [2.75, 3.05) is 0 Å². The van der Waals surface area contributed by atoms with Crippen LogP contribution in [0.1, 0.15) is 17.1 Å². The first-order chi connectivity index (χ1) is 4.74. The molecule has 0 radical (unpaired) electrons. The largest absolute Gasteiger partial charge is 0.466 e. The Morgan fingerprint density at radius 1 is 1.60 bits per heavy atom. The van der Waals surface area contributed by atoms with E-state index in [0.717, 1.165) is 17.1 Å². The second kappa shape index (κ2) is 2.62. The summed E-state index contributed by atoms with van der Waals surface area (Å²) in [5.41, 5.74) is 1.13. The quantitative estimate of drug-likeness (QED) is 0.536. The lowest BCUT2D eigenvalue weighted by molar-refractivity contribution is 0.502. The molecule has 1 heterocycles. The van der Waals surface area contributed by atoms with E-state index in [1.807, 2.05) is 19.9 Å². The molecular weight excluding hydrogens is 124 g/mol. The van der Waals surface area contributed by atoms with Gasteiger partial charge in [0.1, 0.15) is 11.5 Å². The van der Waals surface area contributed by atoms with Crippen LogP contribution >= 0.6 is 0 Å². The summed E-state index contributed by atoms with van der Waals surface area (Å²) in [4.78, 5) is 0. The lowest BCUT2D eigenvalue weighted by Crippen LogP contribution is -1.78. The molecule has 0 atom stereocenters. The highest BCUT2D eigenvalue weighted by Crippen LogP contribution is 2.13. The van der Waals surface area contributed by atoms with Crippen LogP contribution in [-0.2, 0) is 6.42 Å². The zero-order valence-corrected chi connectivity index (χ0v) is 6.27. The van der Waals surface area contributed by atoms with Crippen LogP contribution in [0.4, 0.5) is 0 Å². The van der Waals surface area contributed by atoms with Crippen molar-refractivity contribution >= 4 is 0 Å². The first-order valence-electron chi connectivity index (χ1n) is 3.23. The van der Waals surface area contributed by atoms with Gasteiger partial charge in [-0.25, -0.2) is 0 Å². The Labute approximate surface area is 61.0 Å². The summed E-state index contributed by atoms with van der Waals surface area (Å²) in [6.07, 6.45) is 5.82. The number of rotatable bonds is 1. The Morgan fingerprint density at radius 2 is 2.30 bits per heavy atom. The van der Waals surface area contributed by atoms with Gasteiger partial charge in [-0.15, -0.1) is 12.3 Å². The molecule has 52 valence electrons. The molecule has 0 aliphatic carbocycles. The molecule has 1 heteroatoms. The second-order valence-corrected chi connectivity index (χ2v) is 2.32. The van der Waals surface area contributed by atoms with Crippen molar-refractivity contribution < 1.29 is 4.42 Å². The zero-order valence-electron chi connectivity index (χ0n) is 6.27. The van der Waals surface area contributed by atoms with Crippen molar-refractivity contribution in [3.63, 3.8) is 0 Å². The molecule has 1 nitrogen and oxygen atoms in total. The summed E-state index contributed by atoms with van der Waals surface area (Å²) in [6, 6.07) is 1.98. The van der Waals surface area contributed by atoms with Crippen molar-refractivity contribution in [2.24, 2.45) is 0 Å². The summed E-state index contributed by atoms with van der Waals surface area (Å²) < 4.78 is 5.27. The Kier molecular flexibility index (Phi) is 1.82. The average molecular weight is 134 g/mol. The summed E-state index contributed by atoms with van der Waals surface area (Å²) in [5, 5.41) is 0. The average Bonchev–Trinajstić information content (AvgIpc) is 2.13. The van der Waals surface area contributed by atoms with Gasteiger partial charge in [-0.2, -0.15) is 0 Å². The van der Waals surface area contributed by atoms with Crippen LogP contribution in [0, 0.1) is 26.2 Å². The number of furan rings is 1. The lowest BCUT2D eigenvalue weighted by atomic mass is 10.2. The van der Waals surface area contributed by atoms with Crippen molar-refractivity contribution in [3.8, 4) is 12.3 Å². The predicted molar refractivity (Wildman–Crippen MR) is 40.7 cm³/mol. The highest BCUT2D eigenvalue weighted by atomic mass is 16.3. The molecule has 0 amide bonds. The summed E-state index contributed by atoms with van der Waals surface area (Å²) in [5.74, 6) is 4.45. The topological polar surface area (TPSA) is 13.1 Å². The SMILES string of the molecule is C#CCc1cc(C)oc1C. The summed E-state index contributed by atoms with van der Waals surface area (Å²) in [6.45, 7) is 3.85. The van der Waals surface area contributed by atoms with E-state index in [0.29, 0.717) is 6.42 Å². The van der Waals surface area contributed by atoms with Gasteiger partial charge in [0.25, 0.3) is 0 Å². The van der Waals surface area contributed by atoms with E-state index in [2.05, 4.69) is 5.92 Å². The van der Waals surface area contributed by atoms with Gasteiger partial charge in [-0.1, -0.05) is 0 Å². The Morgan fingerprint density at radius 3 is 2.70 bits per heavy atom. The third-order valence-electron chi connectivity index (χ3n) is 1.44. The monoisotopic (exact) mass is 134 g/mol. The molecule has 1 rings (SSSR count). The maximum Gasteiger partial charge on any atom is 0.105 e. The van der Waals surface area contributed by atoms with E-state index in [1.165, 1.54) is 0 Å². The summed E-state index contributed by atoms with van der Waals surface area (Å²) in [7, 11) is 0. The van der Waals surface area contributed by atoms with E-state index < -0.39 is 0 Å². The molecule has 0 unspecified atom stereocenters. The van der Waals surface area contributed by atoms with Crippen LogP contribution in [0.3, 0.4) is 0 Å². The van der Waals surface area contributed by atoms with Crippen LogP contribution in [0.2, 0.25) is 0 Å². The molecule has 1 aromatic heterocycles. The predicted octanol–water partition coefficient (Wildman–Crippen LogP) is 2.07. The van der Waals surface area contributed by atoms with Gasteiger partial charge in [-0.05, 0) is 19.9 Å².